The fourth-order valence-electron chi connectivity index (χ4n) is 2.44. The van der Waals surface area contributed by atoms with E-state index in [2.05, 4.69) is 36.9 Å². The van der Waals surface area contributed by atoms with Crippen molar-refractivity contribution in [2.75, 3.05) is 6.54 Å². The van der Waals surface area contributed by atoms with Crippen molar-refractivity contribution in [3.05, 3.63) is 27.1 Å². The summed E-state index contributed by atoms with van der Waals surface area (Å²) in [5, 5.41) is 0. The molecule has 0 saturated carbocycles. The molecule has 1 aromatic carbocycles. The van der Waals surface area contributed by atoms with Gasteiger partial charge in [0.2, 0.25) is 16.1 Å². The molecule has 1 saturated heterocycles. The third-order valence-electron chi connectivity index (χ3n) is 3.51. The van der Waals surface area contributed by atoms with Gasteiger partial charge in [-0.3, -0.25) is 0 Å². The summed E-state index contributed by atoms with van der Waals surface area (Å²) >= 11 is 6.55. The van der Waals surface area contributed by atoms with Gasteiger partial charge in [-0.15, -0.1) is 0 Å². The molecule has 0 amide bonds. The van der Waals surface area contributed by atoms with Gasteiger partial charge < -0.3 is 0 Å². The van der Waals surface area contributed by atoms with Gasteiger partial charge in [0.05, 0.1) is 4.90 Å². The summed E-state index contributed by atoms with van der Waals surface area (Å²) in [6, 6.07) is 4.96. The molecule has 2 atom stereocenters. The van der Waals surface area contributed by atoms with Crippen molar-refractivity contribution in [2.24, 2.45) is 10.9 Å². The largest absolute Gasteiger partial charge is 0.246 e. The summed E-state index contributed by atoms with van der Waals surface area (Å²) in [5.74, 6) is -0.0131. The highest BCUT2D eigenvalue weighted by atomic mass is 79.9. The summed E-state index contributed by atoms with van der Waals surface area (Å²) in [5.41, 5.74) is 0. The zero-order chi connectivity index (χ0) is 15.6. The maximum absolute atomic E-state index is 12.9. The van der Waals surface area contributed by atoms with E-state index in [0.717, 1.165) is 12.8 Å². The molecule has 2 unspecified atom stereocenters. The zero-order valence-corrected chi connectivity index (χ0v) is 15.3. The number of hydrogen-bond acceptors (Lipinski definition) is 4. The molecular formula is C13H14Br2N2O3S. The fraction of sp³-hybridized carbons (Fsp3) is 0.462. The number of aliphatic imine (C=N–C) groups is 1. The highest BCUT2D eigenvalue weighted by Crippen LogP contribution is 2.33. The lowest BCUT2D eigenvalue weighted by atomic mass is 9.98. The quantitative estimate of drug-likeness (QED) is 0.538. The van der Waals surface area contributed by atoms with E-state index in [4.69, 9.17) is 0 Å². The topological polar surface area (TPSA) is 66.8 Å². The van der Waals surface area contributed by atoms with E-state index in [-0.39, 0.29) is 10.8 Å². The molecule has 0 spiro atoms. The first-order valence-electron chi connectivity index (χ1n) is 6.42. The summed E-state index contributed by atoms with van der Waals surface area (Å²) < 4.78 is 28.2. The minimum Gasteiger partial charge on any atom is -0.211 e. The number of halogens is 2. The summed E-state index contributed by atoms with van der Waals surface area (Å²) in [6.07, 6.45) is 2.39. The summed E-state index contributed by atoms with van der Waals surface area (Å²) in [4.78, 5) is 14.5. The predicted octanol–water partition coefficient (Wildman–Crippen LogP) is 3.29. The summed E-state index contributed by atoms with van der Waals surface area (Å²) in [6.45, 7) is 2.24. The van der Waals surface area contributed by atoms with Gasteiger partial charge in [-0.1, -0.05) is 22.9 Å². The Labute approximate surface area is 140 Å². The van der Waals surface area contributed by atoms with E-state index in [9.17, 15) is 13.2 Å². The van der Waals surface area contributed by atoms with Crippen molar-refractivity contribution < 1.29 is 13.2 Å². The van der Waals surface area contributed by atoms with Gasteiger partial charge in [0.25, 0.3) is 0 Å². The van der Waals surface area contributed by atoms with Crippen LogP contribution in [0.2, 0.25) is 0 Å². The number of nitrogens with zero attached hydrogens (tertiary/aromatic N) is 2. The number of benzene rings is 1. The number of piperidine rings is 1. The lowest BCUT2D eigenvalue weighted by molar-refractivity contribution is 0.193. The average Bonchev–Trinajstić information content (AvgIpc) is 2.43. The SMILES string of the molecule is CC1CCCN(S(=O)(=O)c2cc(Br)ccc2Br)C1N=C=O. The molecule has 114 valence electrons. The minimum atomic E-state index is -3.74. The molecule has 8 heteroatoms. The molecule has 21 heavy (non-hydrogen) atoms. The van der Waals surface area contributed by atoms with E-state index >= 15 is 0 Å². The van der Waals surface area contributed by atoms with E-state index in [1.54, 1.807) is 18.2 Å². The third kappa shape index (κ3) is 3.46. The molecule has 5 nitrogen and oxygen atoms in total. The first-order chi connectivity index (χ1) is 9.87. The fourth-order valence-corrected chi connectivity index (χ4v) is 5.57. The molecule has 1 fully saturated rings. The van der Waals surface area contributed by atoms with Crippen molar-refractivity contribution in [1.82, 2.24) is 4.31 Å². The van der Waals surface area contributed by atoms with E-state index in [1.165, 1.54) is 10.4 Å². The molecule has 0 N–H and O–H groups in total. The van der Waals surface area contributed by atoms with Crippen molar-refractivity contribution in [3.8, 4) is 0 Å². The van der Waals surface area contributed by atoms with E-state index in [0.29, 0.717) is 15.5 Å². The minimum absolute atomic E-state index is 0.0131. The Bertz CT molecular complexity index is 687. The maximum atomic E-state index is 12.9. The Morgan fingerprint density at radius 2 is 2.10 bits per heavy atom. The van der Waals surface area contributed by atoms with Crippen LogP contribution in [0.5, 0.6) is 0 Å². The molecule has 1 heterocycles. The second kappa shape index (κ2) is 6.71. The standard InChI is InChI=1S/C13H14Br2N2O3S/c1-9-3-2-6-17(13(9)16-8-18)21(19,20)12-7-10(14)4-5-11(12)15/h4-5,7,9,13H,2-3,6H2,1H3. The maximum Gasteiger partial charge on any atom is 0.246 e. The smallest absolute Gasteiger partial charge is 0.211 e. The van der Waals surface area contributed by atoms with Crippen molar-refractivity contribution in [2.45, 2.75) is 30.8 Å². The molecule has 1 aliphatic rings. The van der Waals surface area contributed by atoms with Gasteiger partial charge in [0, 0.05) is 15.5 Å². The van der Waals surface area contributed by atoms with Crippen LogP contribution in [0.3, 0.4) is 0 Å². The highest BCUT2D eigenvalue weighted by molar-refractivity contribution is 9.11. The molecule has 1 aromatic rings. The van der Waals surface area contributed by atoms with Crippen molar-refractivity contribution in [3.63, 3.8) is 0 Å². The Kier molecular flexibility index (Phi) is 5.38. The first kappa shape index (κ1) is 16.8. The highest BCUT2D eigenvalue weighted by Gasteiger charge is 2.38. The van der Waals surface area contributed by atoms with Gasteiger partial charge in [-0.2, -0.15) is 9.30 Å². The van der Waals surface area contributed by atoms with Crippen LogP contribution < -0.4 is 0 Å². The number of carbonyl (C=O) groups excluding carboxylic acids is 1. The normalized spacial score (nSPS) is 23.6. The third-order valence-corrected chi connectivity index (χ3v) is 6.86. The van der Waals surface area contributed by atoms with Crippen LogP contribution in [0, 0.1) is 5.92 Å². The first-order valence-corrected chi connectivity index (χ1v) is 9.44. The van der Waals surface area contributed by atoms with Crippen LogP contribution in [-0.2, 0) is 14.8 Å². The lowest BCUT2D eigenvalue weighted by Gasteiger charge is -2.35. The van der Waals surface area contributed by atoms with Crippen molar-refractivity contribution in [1.29, 1.82) is 0 Å². The van der Waals surface area contributed by atoms with E-state index in [1.807, 2.05) is 6.92 Å². The number of hydrogen-bond donors (Lipinski definition) is 0. The molecule has 0 aromatic heterocycles. The molecule has 2 rings (SSSR count). The second-order valence-electron chi connectivity index (χ2n) is 4.94. The Morgan fingerprint density at radius 1 is 1.38 bits per heavy atom. The number of rotatable bonds is 3. The van der Waals surface area contributed by atoms with Gasteiger partial charge in [0.1, 0.15) is 6.17 Å². The molecule has 0 aliphatic carbocycles. The number of isocyanates is 1. The van der Waals surface area contributed by atoms with Gasteiger partial charge in [-0.05, 0) is 52.9 Å². The Morgan fingerprint density at radius 3 is 2.76 bits per heavy atom. The van der Waals surface area contributed by atoms with Crippen LogP contribution in [0.4, 0.5) is 0 Å². The molecule has 1 aliphatic heterocycles. The Hall–Kier alpha value is -0.530. The molecule has 0 bridgehead atoms. The monoisotopic (exact) mass is 436 g/mol. The number of sulfonamides is 1. The van der Waals surface area contributed by atoms with Crippen LogP contribution in [0.15, 0.2) is 37.0 Å². The zero-order valence-electron chi connectivity index (χ0n) is 11.3. The lowest BCUT2D eigenvalue weighted by Crippen LogP contribution is -2.46. The summed E-state index contributed by atoms with van der Waals surface area (Å²) in [7, 11) is -3.74. The molecule has 0 radical (unpaired) electrons. The van der Waals surface area contributed by atoms with Crippen LogP contribution in [0.1, 0.15) is 19.8 Å². The molecular weight excluding hydrogens is 424 g/mol. The van der Waals surface area contributed by atoms with Crippen LogP contribution in [0.25, 0.3) is 0 Å². The van der Waals surface area contributed by atoms with Gasteiger partial charge in [-0.25, -0.2) is 13.2 Å². The van der Waals surface area contributed by atoms with Gasteiger partial charge in [0.15, 0.2) is 0 Å². The van der Waals surface area contributed by atoms with Crippen LogP contribution in [-0.4, -0.2) is 31.5 Å². The van der Waals surface area contributed by atoms with Crippen LogP contribution >= 0.6 is 31.9 Å². The Balaban J connectivity index is 2.50. The predicted molar refractivity (Wildman–Crippen MR) is 86.0 cm³/mol. The van der Waals surface area contributed by atoms with Crippen molar-refractivity contribution >= 4 is 48.0 Å². The van der Waals surface area contributed by atoms with Gasteiger partial charge >= 0.3 is 0 Å². The average molecular weight is 438 g/mol. The van der Waals surface area contributed by atoms with E-state index < -0.39 is 16.2 Å². The second-order valence-corrected chi connectivity index (χ2v) is 8.57.